The zero-order valence-corrected chi connectivity index (χ0v) is 10.6. The molecule has 1 fully saturated rings. The molecule has 2 rings (SSSR count). The first-order valence-electron chi connectivity index (χ1n) is 6.38. The van der Waals surface area contributed by atoms with Crippen LogP contribution in [-0.2, 0) is 4.74 Å². The van der Waals surface area contributed by atoms with Crippen molar-refractivity contribution < 1.29 is 9.26 Å². The summed E-state index contributed by atoms with van der Waals surface area (Å²) in [6.07, 6.45) is 5.44. The molecule has 1 aromatic rings. The van der Waals surface area contributed by atoms with E-state index in [2.05, 4.69) is 17.1 Å². The maximum absolute atomic E-state index is 5.99. The summed E-state index contributed by atoms with van der Waals surface area (Å²) < 4.78 is 10.6. The fourth-order valence-electron chi connectivity index (χ4n) is 1.97. The molecule has 17 heavy (non-hydrogen) atoms. The first kappa shape index (κ1) is 12.5. The summed E-state index contributed by atoms with van der Waals surface area (Å²) in [5.74, 6) is 1.74. The molecule has 1 heterocycles. The highest BCUT2D eigenvalue weighted by molar-refractivity contribution is 5.00. The Labute approximate surface area is 102 Å². The Balaban J connectivity index is 1.98. The number of nitrogens with zero attached hydrogens (tertiary/aromatic N) is 2. The Kier molecular flexibility index (Phi) is 4.12. The number of hydrogen-bond acceptors (Lipinski definition) is 5. The molecule has 1 unspecified atom stereocenters. The van der Waals surface area contributed by atoms with Crippen LogP contribution >= 0.6 is 0 Å². The highest BCUT2D eigenvalue weighted by Gasteiger charge is 2.35. The minimum absolute atomic E-state index is 0.0223. The lowest BCUT2D eigenvalue weighted by atomic mass is 10.1. The molecule has 0 aliphatic heterocycles. The van der Waals surface area contributed by atoms with Gasteiger partial charge in [-0.05, 0) is 25.2 Å². The number of nitrogens with two attached hydrogens (primary N) is 1. The summed E-state index contributed by atoms with van der Waals surface area (Å²) in [7, 11) is 1.69. The molecule has 0 radical (unpaired) electrons. The Morgan fingerprint density at radius 1 is 1.53 bits per heavy atom. The Bertz CT molecular complexity index is 349. The average Bonchev–Trinajstić information content (AvgIpc) is 3.04. The van der Waals surface area contributed by atoms with Gasteiger partial charge in [-0.3, -0.25) is 0 Å². The monoisotopic (exact) mass is 239 g/mol. The van der Waals surface area contributed by atoms with Crippen molar-refractivity contribution >= 4 is 0 Å². The molecule has 1 aliphatic carbocycles. The van der Waals surface area contributed by atoms with Crippen molar-refractivity contribution in [3.63, 3.8) is 0 Å². The van der Waals surface area contributed by atoms with Crippen LogP contribution in [0.25, 0.3) is 0 Å². The maximum Gasteiger partial charge on any atom is 0.243 e. The molecule has 2 atom stereocenters. The number of unbranched alkanes of at least 4 members (excludes halogenated alkanes) is 1. The highest BCUT2D eigenvalue weighted by Crippen LogP contribution is 2.42. The van der Waals surface area contributed by atoms with E-state index >= 15 is 0 Å². The molecule has 0 amide bonds. The first-order chi connectivity index (χ1) is 8.26. The molecule has 1 saturated carbocycles. The number of aromatic nitrogens is 2. The Hall–Kier alpha value is -0.940. The van der Waals surface area contributed by atoms with Crippen LogP contribution in [0.15, 0.2) is 4.52 Å². The van der Waals surface area contributed by atoms with E-state index in [1.54, 1.807) is 7.11 Å². The average molecular weight is 239 g/mol. The maximum atomic E-state index is 5.99. The van der Waals surface area contributed by atoms with Gasteiger partial charge in [0.15, 0.2) is 0 Å². The molecule has 5 nitrogen and oxygen atoms in total. The van der Waals surface area contributed by atoms with E-state index in [0.717, 1.165) is 19.3 Å². The molecular formula is C12H21N3O2. The van der Waals surface area contributed by atoms with Crippen molar-refractivity contribution in [2.24, 2.45) is 11.7 Å². The lowest BCUT2D eigenvalue weighted by molar-refractivity contribution is 0.0751. The van der Waals surface area contributed by atoms with Crippen LogP contribution in [0, 0.1) is 5.92 Å². The predicted octanol–water partition coefficient (Wildman–Crippen LogP) is 2.36. The molecular weight excluding hydrogens is 218 g/mol. The number of hydrogen-bond donors (Lipinski definition) is 1. The SMILES string of the molecule is CCCC[C@H](N)c1nc(C(OC)C2CC2)no1. The van der Waals surface area contributed by atoms with Crippen LogP contribution in [-0.4, -0.2) is 17.3 Å². The van der Waals surface area contributed by atoms with Gasteiger partial charge in [0.1, 0.15) is 6.10 Å². The number of methoxy groups -OCH3 is 1. The number of ether oxygens (including phenoxy) is 1. The van der Waals surface area contributed by atoms with Gasteiger partial charge >= 0.3 is 0 Å². The van der Waals surface area contributed by atoms with Gasteiger partial charge in [-0.1, -0.05) is 24.9 Å². The second-order valence-electron chi connectivity index (χ2n) is 4.73. The third-order valence-corrected chi connectivity index (χ3v) is 3.20. The van der Waals surface area contributed by atoms with Gasteiger partial charge in [-0.2, -0.15) is 4.98 Å². The highest BCUT2D eigenvalue weighted by atomic mass is 16.5. The summed E-state index contributed by atoms with van der Waals surface area (Å²) in [5.41, 5.74) is 5.99. The largest absolute Gasteiger partial charge is 0.373 e. The minimum Gasteiger partial charge on any atom is -0.373 e. The fourth-order valence-corrected chi connectivity index (χ4v) is 1.97. The fraction of sp³-hybridized carbons (Fsp3) is 0.833. The van der Waals surface area contributed by atoms with Crippen LogP contribution in [0.3, 0.4) is 0 Å². The van der Waals surface area contributed by atoms with E-state index in [-0.39, 0.29) is 12.1 Å². The van der Waals surface area contributed by atoms with Gasteiger partial charge in [0.25, 0.3) is 0 Å². The van der Waals surface area contributed by atoms with Crippen LogP contribution < -0.4 is 5.73 Å². The number of rotatable bonds is 7. The zero-order valence-electron chi connectivity index (χ0n) is 10.6. The molecule has 96 valence electrons. The molecule has 0 saturated heterocycles. The van der Waals surface area contributed by atoms with E-state index in [4.69, 9.17) is 15.0 Å². The summed E-state index contributed by atoms with van der Waals surface area (Å²) in [6, 6.07) is -0.145. The van der Waals surface area contributed by atoms with E-state index in [1.165, 1.54) is 12.8 Å². The van der Waals surface area contributed by atoms with Gasteiger partial charge in [0.2, 0.25) is 11.7 Å². The van der Waals surface area contributed by atoms with E-state index in [9.17, 15) is 0 Å². The Morgan fingerprint density at radius 2 is 2.29 bits per heavy atom. The standard InChI is InChI=1S/C12H21N3O2/c1-3-4-5-9(13)12-14-11(15-17-12)10(16-2)8-6-7-8/h8-10H,3-7,13H2,1-2H3/t9-,10?/m0/s1. The molecule has 2 N–H and O–H groups in total. The first-order valence-corrected chi connectivity index (χ1v) is 6.38. The zero-order chi connectivity index (χ0) is 12.3. The van der Waals surface area contributed by atoms with Gasteiger partial charge in [-0.15, -0.1) is 0 Å². The van der Waals surface area contributed by atoms with Gasteiger partial charge in [0.05, 0.1) is 6.04 Å². The second kappa shape index (κ2) is 5.60. The summed E-state index contributed by atoms with van der Waals surface area (Å²) in [5, 5.41) is 3.99. The van der Waals surface area contributed by atoms with Crippen LogP contribution in [0.2, 0.25) is 0 Å². The van der Waals surface area contributed by atoms with Crippen LogP contribution in [0.5, 0.6) is 0 Å². The topological polar surface area (TPSA) is 74.2 Å². The molecule has 0 bridgehead atoms. The van der Waals surface area contributed by atoms with E-state index in [1.807, 2.05) is 0 Å². The quantitative estimate of drug-likeness (QED) is 0.790. The van der Waals surface area contributed by atoms with E-state index in [0.29, 0.717) is 17.6 Å². The molecule has 1 aromatic heterocycles. The van der Waals surface area contributed by atoms with Gasteiger partial charge in [0, 0.05) is 7.11 Å². The summed E-state index contributed by atoms with van der Waals surface area (Å²) in [4.78, 5) is 4.37. The van der Waals surface area contributed by atoms with Gasteiger partial charge in [-0.25, -0.2) is 0 Å². The summed E-state index contributed by atoms with van der Waals surface area (Å²) >= 11 is 0. The van der Waals surface area contributed by atoms with Crippen molar-refractivity contribution in [1.29, 1.82) is 0 Å². The van der Waals surface area contributed by atoms with Crippen LogP contribution in [0.1, 0.15) is 62.9 Å². The second-order valence-corrected chi connectivity index (χ2v) is 4.73. The molecule has 5 heteroatoms. The predicted molar refractivity (Wildman–Crippen MR) is 63.2 cm³/mol. The van der Waals surface area contributed by atoms with Crippen molar-refractivity contribution in [2.45, 2.75) is 51.2 Å². The molecule has 0 aromatic carbocycles. The third-order valence-electron chi connectivity index (χ3n) is 3.20. The Morgan fingerprint density at radius 3 is 2.88 bits per heavy atom. The smallest absolute Gasteiger partial charge is 0.243 e. The lowest BCUT2D eigenvalue weighted by Crippen LogP contribution is -2.11. The van der Waals surface area contributed by atoms with Crippen molar-refractivity contribution in [3.8, 4) is 0 Å². The molecule has 0 spiro atoms. The van der Waals surface area contributed by atoms with E-state index < -0.39 is 0 Å². The van der Waals surface area contributed by atoms with Crippen molar-refractivity contribution in [2.75, 3.05) is 7.11 Å². The molecule has 1 aliphatic rings. The van der Waals surface area contributed by atoms with Crippen LogP contribution in [0.4, 0.5) is 0 Å². The summed E-state index contributed by atoms with van der Waals surface area (Å²) in [6.45, 7) is 2.14. The van der Waals surface area contributed by atoms with Crippen molar-refractivity contribution in [1.82, 2.24) is 10.1 Å². The minimum atomic E-state index is -0.145. The lowest BCUT2D eigenvalue weighted by Gasteiger charge is -2.08. The third kappa shape index (κ3) is 3.04. The normalized spacial score (nSPS) is 19.2. The van der Waals surface area contributed by atoms with Crippen molar-refractivity contribution in [3.05, 3.63) is 11.7 Å². The van der Waals surface area contributed by atoms with Gasteiger partial charge < -0.3 is 15.0 Å².